The number of nitrogens with zero attached hydrogens (tertiary/aromatic N) is 2. The van der Waals surface area contributed by atoms with Crippen LogP contribution >= 0.6 is 0 Å². The first-order valence-corrected chi connectivity index (χ1v) is 11.1. The lowest BCUT2D eigenvalue weighted by molar-refractivity contribution is 0.631. The number of benzene rings is 2. The van der Waals surface area contributed by atoms with Crippen molar-refractivity contribution >= 4 is 10.8 Å². The highest BCUT2D eigenvalue weighted by atomic mass is 14.3. The summed E-state index contributed by atoms with van der Waals surface area (Å²) >= 11 is 0. The van der Waals surface area contributed by atoms with Crippen LogP contribution in [0, 0.1) is 22.7 Å². The SMILES string of the molecule is CCCCCCCc1ccc(CCCCCCC)c2cc(C#N)c(C#N)cc12. The van der Waals surface area contributed by atoms with Crippen molar-refractivity contribution in [2.45, 2.75) is 90.9 Å². The molecule has 0 fully saturated rings. The van der Waals surface area contributed by atoms with Crippen molar-refractivity contribution in [2.24, 2.45) is 0 Å². The van der Waals surface area contributed by atoms with Crippen molar-refractivity contribution < 1.29 is 0 Å². The van der Waals surface area contributed by atoms with E-state index in [1.807, 2.05) is 12.1 Å². The molecule has 0 aliphatic heterocycles. The van der Waals surface area contributed by atoms with Crippen molar-refractivity contribution in [1.82, 2.24) is 0 Å². The summed E-state index contributed by atoms with van der Waals surface area (Å²) in [5, 5.41) is 21.3. The van der Waals surface area contributed by atoms with Crippen LogP contribution in [0.15, 0.2) is 24.3 Å². The minimum absolute atomic E-state index is 0.502. The summed E-state index contributed by atoms with van der Waals surface area (Å²) in [6, 6.07) is 12.9. The van der Waals surface area contributed by atoms with Crippen LogP contribution < -0.4 is 0 Å². The van der Waals surface area contributed by atoms with Gasteiger partial charge in [-0.25, -0.2) is 0 Å². The van der Waals surface area contributed by atoms with Gasteiger partial charge < -0.3 is 0 Å². The Morgan fingerprint density at radius 2 is 1.00 bits per heavy atom. The summed E-state index contributed by atoms with van der Waals surface area (Å²) in [6.45, 7) is 4.48. The molecule has 2 nitrogen and oxygen atoms in total. The number of fused-ring (bicyclic) bond motifs is 1. The largest absolute Gasteiger partial charge is 0.192 e. The molecular formula is C26H34N2. The summed E-state index contributed by atoms with van der Waals surface area (Å²) < 4.78 is 0. The topological polar surface area (TPSA) is 47.6 Å². The predicted octanol–water partition coefficient (Wildman–Crippen LogP) is 7.61. The zero-order valence-electron chi connectivity index (χ0n) is 17.7. The number of aryl methyl sites for hydroxylation is 2. The minimum atomic E-state index is 0.502. The van der Waals surface area contributed by atoms with Gasteiger partial charge in [-0.15, -0.1) is 0 Å². The first-order valence-electron chi connectivity index (χ1n) is 11.1. The van der Waals surface area contributed by atoms with Crippen LogP contribution in [-0.4, -0.2) is 0 Å². The van der Waals surface area contributed by atoms with Crippen LogP contribution in [0.2, 0.25) is 0 Å². The Morgan fingerprint density at radius 1 is 0.607 bits per heavy atom. The lowest BCUT2D eigenvalue weighted by Gasteiger charge is -2.13. The van der Waals surface area contributed by atoms with Gasteiger partial charge in [-0.1, -0.05) is 77.3 Å². The van der Waals surface area contributed by atoms with E-state index < -0.39 is 0 Å². The van der Waals surface area contributed by atoms with Gasteiger partial charge in [-0.05, 0) is 59.7 Å². The molecular weight excluding hydrogens is 340 g/mol. The van der Waals surface area contributed by atoms with E-state index in [4.69, 9.17) is 0 Å². The third kappa shape index (κ3) is 6.10. The van der Waals surface area contributed by atoms with Gasteiger partial charge in [0.25, 0.3) is 0 Å². The second kappa shape index (κ2) is 12.2. The van der Waals surface area contributed by atoms with Gasteiger partial charge in [0.1, 0.15) is 12.1 Å². The van der Waals surface area contributed by atoms with E-state index in [1.54, 1.807) is 0 Å². The molecule has 0 unspecified atom stereocenters. The van der Waals surface area contributed by atoms with Crippen molar-refractivity contribution in [3.8, 4) is 12.1 Å². The Hall–Kier alpha value is -2.32. The molecule has 0 spiro atoms. The van der Waals surface area contributed by atoms with Crippen molar-refractivity contribution in [2.75, 3.05) is 0 Å². The van der Waals surface area contributed by atoms with E-state index in [9.17, 15) is 10.5 Å². The Balaban J connectivity index is 2.26. The Bertz CT molecular complexity index is 766. The van der Waals surface area contributed by atoms with Crippen LogP contribution in [0.4, 0.5) is 0 Å². The normalized spacial score (nSPS) is 10.7. The van der Waals surface area contributed by atoms with Crippen LogP contribution in [0.25, 0.3) is 10.8 Å². The molecule has 0 N–H and O–H groups in total. The summed E-state index contributed by atoms with van der Waals surface area (Å²) in [5.74, 6) is 0. The van der Waals surface area contributed by atoms with E-state index in [2.05, 4.69) is 38.1 Å². The maximum Gasteiger partial charge on any atom is 0.101 e. The molecule has 148 valence electrons. The van der Waals surface area contributed by atoms with Gasteiger partial charge in [-0.2, -0.15) is 10.5 Å². The number of unbranched alkanes of at least 4 members (excludes halogenated alkanes) is 8. The Labute approximate surface area is 171 Å². The van der Waals surface area contributed by atoms with Gasteiger partial charge >= 0.3 is 0 Å². The fraction of sp³-hybridized carbons (Fsp3) is 0.538. The van der Waals surface area contributed by atoms with Gasteiger partial charge in [0.05, 0.1) is 11.1 Å². The summed E-state index contributed by atoms with van der Waals surface area (Å²) in [6.07, 6.45) is 14.7. The fourth-order valence-electron chi connectivity index (χ4n) is 3.97. The van der Waals surface area contributed by atoms with Crippen LogP contribution in [0.3, 0.4) is 0 Å². The maximum atomic E-state index is 9.47. The number of rotatable bonds is 12. The van der Waals surface area contributed by atoms with Crippen molar-refractivity contribution in [3.05, 3.63) is 46.5 Å². The molecule has 2 aromatic rings. The molecule has 0 bridgehead atoms. The minimum Gasteiger partial charge on any atom is -0.192 e. The molecule has 0 aromatic heterocycles. The number of nitriles is 2. The first-order chi connectivity index (χ1) is 13.7. The summed E-state index contributed by atoms with van der Waals surface area (Å²) in [5.41, 5.74) is 3.65. The maximum absolute atomic E-state index is 9.47. The van der Waals surface area contributed by atoms with E-state index in [0.717, 1.165) is 12.8 Å². The Morgan fingerprint density at radius 3 is 1.36 bits per heavy atom. The molecule has 0 amide bonds. The highest BCUT2D eigenvalue weighted by Crippen LogP contribution is 2.29. The number of hydrogen-bond donors (Lipinski definition) is 0. The molecule has 28 heavy (non-hydrogen) atoms. The van der Waals surface area contributed by atoms with Crippen molar-refractivity contribution in [3.63, 3.8) is 0 Å². The smallest absolute Gasteiger partial charge is 0.101 e. The second-order valence-electron chi connectivity index (χ2n) is 7.88. The Kier molecular flexibility index (Phi) is 9.57. The van der Waals surface area contributed by atoms with Crippen molar-refractivity contribution in [1.29, 1.82) is 10.5 Å². The third-order valence-electron chi connectivity index (χ3n) is 5.68. The van der Waals surface area contributed by atoms with Crippen LogP contribution in [-0.2, 0) is 12.8 Å². The molecule has 0 aliphatic carbocycles. The molecule has 0 aliphatic rings. The molecule has 0 saturated carbocycles. The van der Waals surface area contributed by atoms with Gasteiger partial charge in [0.2, 0.25) is 0 Å². The quantitative estimate of drug-likeness (QED) is 0.359. The zero-order valence-corrected chi connectivity index (χ0v) is 17.7. The molecule has 2 heteroatoms. The fourth-order valence-corrected chi connectivity index (χ4v) is 3.97. The van der Waals surface area contributed by atoms with Gasteiger partial charge in [-0.3, -0.25) is 0 Å². The molecule has 2 rings (SSSR count). The highest BCUT2D eigenvalue weighted by molar-refractivity contribution is 5.91. The predicted molar refractivity (Wildman–Crippen MR) is 118 cm³/mol. The molecule has 0 radical (unpaired) electrons. The lowest BCUT2D eigenvalue weighted by atomic mass is 9.91. The molecule has 2 aromatic carbocycles. The molecule has 0 atom stereocenters. The average molecular weight is 375 g/mol. The zero-order chi connectivity index (χ0) is 20.2. The number of hydrogen-bond acceptors (Lipinski definition) is 2. The van der Waals surface area contributed by atoms with E-state index >= 15 is 0 Å². The lowest BCUT2D eigenvalue weighted by Crippen LogP contribution is -1.96. The van der Waals surface area contributed by atoms with E-state index in [-0.39, 0.29) is 0 Å². The van der Waals surface area contributed by atoms with Gasteiger partial charge in [0.15, 0.2) is 0 Å². The summed E-state index contributed by atoms with van der Waals surface area (Å²) in [7, 11) is 0. The third-order valence-corrected chi connectivity index (χ3v) is 5.68. The van der Waals surface area contributed by atoms with Crippen LogP contribution in [0.1, 0.15) is 100 Å². The monoisotopic (exact) mass is 374 g/mol. The molecule has 0 saturated heterocycles. The standard InChI is InChI=1S/C26H34N2/c1-3-5-7-9-11-13-21-15-16-22(14-12-10-8-6-4-2)26-18-24(20-28)23(19-27)17-25(21)26/h15-18H,3-14H2,1-2H3. The van der Waals surface area contributed by atoms with E-state index in [1.165, 1.54) is 86.1 Å². The van der Waals surface area contributed by atoms with Gasteiger partial charge in [0, 0.05) is 0 Å². The molecule has 0 heterocycles. The highest BCUT2D eigenvalue weighted by Gasteiger charge is 2.11. The first kappa shape index (κ1) is 22.0. The van der Waals surface area contributed by atoms with Crippen LogP contribution in [0.5, 0.6) is 0 Å². The summed E-state index contributed by atoms with van der Waals surface area (Å²) in [4.78, 5) is 0. The average Bonchev–Trinajstić information content (AvgIpc) is 2.73. The second-order valence-corrected chi connectivity index (χ2v) is 7.88. The van der Waals surface area contributed by atoms with E-state index in [0.29, 0.717) is 11.1 Å².